The summed E-state index contributed by atoms with van der Waals surface area (Å²) in [6.45, 7) is 12.3. The third-order valence-electron chi connectivity index (χ3n) is 7.39. The van der Waals surface area contributed by atoms with Gasteiger partial charge in [0.15, 0.2) is 0 Å². The second kappa shape index (κ2) is 12.2. The third-order valence-corrected chi connectivity index (χ3v) is 7.39. The lowest BCUT2D eigenvalue weighted by Crippen LogP contribution is -2.34. The number of ether oxygens (including phenoxy) is 2. The highest BCUT2D eigenvalue weighted by Gasteiger charge is 2.32. The summed E-state index contributed by atoms with van der Waals surface area (Å²) in [5, 5.41) is 13.2. The standard InChI is InChI=1S/C29H41NO5/c1-8-28(33,9-2)19-35-25-15-13-23(17-21(25)6)29(10-3,11-4)22-12-14-24(20(5)16-22)27(32)30-18-26(31)34-7/h12-17,33H,8-11,18-19H2,1-7H3,(H,30,32). The van der Waals surface area contributed by atoms with Crippen LogP contribution in [0, 0.1) is 13.8 Å². The van der Waals surface area contributed by atoms with E-state index in [0.717, 1.165) is 35.3 Å². The fourth-order valence-electron chi connectivity index (χ4n) is 4.54. The van der Waals surface area contributed by atoms with Crippen molar-refractivity contribution in [2.75, 3.05) is 20.3 Å². The van der Waals surface area contributed by atoms with Crippen LogP contribution in [0.2, 0.25) is 0 Å². The molecule has 0 aliphatic rings. The molecule has 35 heavy (non-hydrogen) atoms. The number of methoxy groups -OCH3 is 1. The molecule has 6 nitrogen and oxygen atoms in total. The zero-order valence-electron chi connectivity index (χ0n) is 22.3. The number of carbonyl (C=O) groups is 2. The Balaban J connectivity index is 2.35. The van der Waals surface area contributed by atoms with Gasteiger partial charge < -0.3 is 19.9 Å². The summed E-state index contributed by atoms with van der Waals surface area (Å²) in [7, 11) is 1.29. The first kappa shape index (κ1) is 28.4. The van der Waals surface area contributed by atoms with Crippen molar-refractivity contribution in [3.8, 4) is 5.75 Å². The van der Waals surface area contributed by atoms with E-state index < -0.39 is 11.6 Å². The molecule has 6 heteroatoms. The van der Waals surface area contributed by atoms with Gasteiger partial charge in [0.2, 0.25) is 0 Å². The van der Waals surface area contributed by atoms with Gasteiger partial charge in [-0.1, -0.05) is 52.0 Å². The van der Waals surface area contributed by atoms with Crippen LogP contribution in [0.1, 0.15) is 86.0 Å². The van der Waals surface area contributed by atoms with E-state index in [2.05, 4.69) is 42.1 Å². The van der Waals surface area contributed by atoms with Crippen molar-refractivity contribution < 1.29 is 24.2 Å². The summed E-state index contributed by atoms with van der Waals surface area (Å²) in [6.07, 6.45) is 3.07. The second-order valence-corrected chi connectivity index (χ2v) is 9.28. The van der Waals surface area contributed by atoms with Crippen molar-refractivity contribution in [2.45, 2.75) is 78.2 Å². The molecule has 0 saturated heterocycles. The molecule has 0 aliphatic carbocycles. The topological polar surface area (TPSA) is 84.9 Å². The fourth-order valence-corrected chi connectivity index (χ4v) is 4.54. The molecule has 2 aromatic rings. The number of hydrogen-bond acceptors (Lipinski definition) is 5. The van der Waals surface area contributed by atoms with Crippen LogP contribution < -0.4 is 10.1 Å². The number of rotatable bonds is 12. The molecule has 0 heterocycles. The minimum Gasteiger partial charge on any atom is -0.490 e. The Kier molecular flexibility index (Phi) is 9.90. The molecule has 1 amide bonds. The van der Waals surface area contributed by atoms with Gasteiger partial charge in [-0.15, -0.1) is 0 Å². The molecule has 0 aromatic heterocycles. The molecule has 0 atom stereocenters. The minimum absolute atomic E-state index is 0.161. The zero-order valence-corrected chi connectivity index (χ0v) is 22.3. The van der Waals surface area contributed by atoms with Gasteiger partial charge in [0.1, 0.15) is 18.9 Å². The number of carbonyl (C=O) groups excluding carboxylic acids is 2. The number of benzene rings is 2. The van der Waals surface area contributed by atoms with E-state index in [1.165, 1.54) is 12.7 Å². The van der Waals surface area contributed by atoms with Gasteiger partial charge in [0.05, 0.1) is 12.7 Å². The van der Waals surface area contributed by atoms with Crippen molar-refractivity contribution in [3.63, 3.8) is 0 Å². The maximum atomic E-state index is 12.6. The van der Waals surface area contributed by atoms with Crippen molar-refractivity contribution >= 4 is 11.9 Å². The first-order valence-electron chi connectivity index (χ1n) is 12.5. The Labute approximate surface area is 210 Å². The lowest BCUT2D eigenvalue weighted by molar-refractivity contribution is -0.139. The van der Waals surface area contributed by atoms with Crippen molar-refractivity contribution in [1.82, 2.24) is 5.32 Å². The van der Waals surface area contributed by atoms with Crippen LogP contribution in [-0.4, -0.2) is 42.8 Å². The Morgan fingerprint density at radius 1 is 0.886 bits per heavy atom. The van der Waals surface area contributed by atoms with E-state index in [9.17, 15) is 14.7 Å². The maximum Gasteiger partial charge on any atom is 0.325 e. The number of nitrogens with one attached hydrogen (secondary N) is 1. The summed E-state index contributed by atoms with van der Waals surface area (Å²) in [5.74, 6) is -0.000957. The van der Waals surface area contributed by atoms with Gasteiger partial charge in [-0.2, -0.15) is 0 Å². The SMILES string of the molecule is CCC(O)(CC)COc1ccc(C(CC)(CC)c2ccc(C(=O)NCC(=O)OC)c(C)c2)cc1C. The quantitative estimate of drug-likeness (QED) is 0.403. The van der Waals surface area contributed by atoms with Crippen molar-refractivity contribution in [3.05, 3.63) is 64.2 Å². The lowest BCUT2D eigenvalue weighted by Gasteiger charge is -2.34. The Hall–Kier alpha value is -2.86. The van der Waals surface area contributed by atoms with Crippen LogP contribution in [0.5, 0.6) is 5.75 Å². The van der Waals surface area contributed by atoms with Crippen LogP contribution >= 0.6 is 0 Å². The number of esters is 1. The Bertz CT molecular complexity index is 1020. The normalized spacial score (nSPS) is 11.8. The van der Waals surface area contributed by atoms with Crippen molar-refractivity contribution in [1.29, 1.82) is 0 Å². The smallest absolute Gasteiger partial charge is 0.325 e. The Morgan fingerprint density at radius 3 is 1.94 bits per heavy atom. The van der Waals surface area contributed by atoms with Gasteiger partial charge in [-0.3, -0.25) is 9.59 Å². The average molecular weight is 484 g/mol. The number of aliphatic hydroxyl groups is 1. The number of amides is 1. The van der Waals surface area contributed by atoms with Crippen LogP contribution in [0.25, 0.3) is 0 Å². The first-order chi connectivity index (χ1) is 16.6. The molecule has 2 N–H and O–H groups in total. The van der Waals surface area contributed by atoms with Crippen LogP contribution in [-0.2, 0) is 14.9 Å². The van der Waals surface area contributed by atoms with Gasteiger partial charge >= 0.3 is 5.97 Å². The zero-order chi connectivity index (χ0) is 26.2. The molecular weight excluding hydrogens is 442 g/mol. The van der Waals surface area contributed by atoms with E-state index in [1.54, 1.807) is 0 Å². The van der Waals surface area contributed by atoms with E-state index >= 15 is 0 Å². The van der Waals surface area contributed by atoms with Gasteiger partial charge in [0, 0.05) is 11.0 Å². The van der Waals surface area contributed by atoms with E-state index in [4.69, 9.17) is 4.74 Å². The Morgan fingerprint density at radius 2 is 1.46 bits per heavy atom. The first-order valence-corrected chi connectivity index (χ1v) is 12.5. The third kappa shape index (κ3) is 6.43. The number of aryl methyl sites for hydroxylation is 2. The highest BCUT2D eigenvalue weighted by molar-refractivity contribution is 5.97. The average Bonchev–Trinajstić information content (AvgIpc) is 2.87. The highest BCUT2D eigenvalue weighted by Crippen LogP contribution is 2.41. The summed E-state index contributed by atoms with van der Waals surface area (Å²) >= 11 is 0. The summed E-state index contributed by atoms with van der Waals surface area (Å²) < 4.78 is 10.6. The number of hydrogen-bond donors (Lipinski definition) is 2. The second-order valence-electron chi connectivity index (χ2n) is 9.28. The van der Waals surface area contributed by atoms with Gasteiger partial charge in [0.25, 0.3) is 5.91 Å². The molecule has 0 saturated carbocycles. The van der Waals surface area contributed by atoms with E-state index in [1.807, 2.05) is 45.9 Å². The monoisotopic (exact) mass is 483 g/mol. The molecular formula is C29H41NO5. The van der Waals surface area contributed by atoms with E-state index in [-0.39, 0.29) is 24.5 Å². The summed E-state index contributed by atoms with van der Waals surface area (Å²) in [6, 6.07) is 12.2. The van der Waals surface area contributed by atoms with Crippen LogP contribution in [0.15, 0.2) is 36.4 Å². The molecule has 192 valence electrons. The molecule has 0 spiro atoms. The van der Waals surface area contributed by atoms with Crippen LogP contribution in [0.4, 0.5) is 0 Å². The summed E-state index contributed by atoms with van der Waals surface area (Å²) in [5.41, 5.74) is 3.72. The molecule has 2 aromatic carbocycles. The molecule has 0 unspecified atom stereocenters. The van der Waals surface area contributed by atoms with Gasteiger partial charge in [-0.25, -0.2) is 0 Å². The molecule has 0 aliphatic heterocycles. The molecule has 2 rings (SSSR count). The molecule has 0 bridgehead atoms. The largest absolute Gasteiger partial charge is 0.490 e. The van der Waals surface area contributed by atoms with E-state index in [0.29, 0.717) is 18.4 Å². The van der Waals surface area contributed by atoms with Gasteiger partial charge in [-0.05, 0) is 73.9 Å². The van der Waals surface area contributed by atoms with Crippen LogP contribution in [0.3, 0.4) is 0 Å². The van der Waals surface area contributed by atoms with Crippen molar-refractivity contribution in [2.24, 2.45) is 0 Å². The predicted octanol–water partition coefficient (Wildman–Crippen LogP) is 5.24. The maximum absolute atomic E-state index is 12.6. The lowest BCUT2D eigenvalue weighted by atomic mass is 9.70. The minimum atomic E-state index is -0.815. The fraction of sp³-hybridized carbons (Fsp3) is 0.517. The molecule has 0 fully saturated rings. The molecule has 0 radical (unpaired) electrons. The summed E-state index contributed by atoms with van der Waals surface area (Å²) in [4.78, 5) is 23.9. The highest BCUT2D eigenvalue weighted by atomic mass is 16.5. The predicted molar refractivity (Wildman–Crippen MR) is 139 cm³/mol.